The third kappa shape index (κ3) is 3.99. The van der Waals surface area contributed by atoms with Crippen molar-refractivity contribution >= 4 is 39.1 Å². The normalized spacial score (nSPS) is 14.6. The number of halogens is 2. The molecule has 1 unspecified atom stereocenters. The molecule has 1 atom stereocenters. The molecule has 6 nitrogen and oxygen atoms in total. The van der Waals surface area contributed by atoms with Crippen LogP contribution in [-0.2, 0) is 10.0 Å². The topological polar surface area (TPSA) is 105 Å². The van der Waals surface area contributed by atoms with E-state index in [1.165, 1.54) is 18.2 Å². The molecule has 1 rings (SSSR count). The highest BCUT2D eigenvalue weighted by Gasteiger charge is 2.26. The number of rotatable bonds is 5. The van der Waals surface area contributed by atoms with Crippen LogP contribution < -0.4 is 10.5 Å². The molecule has 112 valence electrons. The van der Waals surface area contributed by atoms with Gasteiger partial charge in [0.25, 0.3) is 0 Å². The number of hydrogen-bond acceptors (Lipinski definition) is 4. The maximum atomic E-state index is 12.2. The van der Waals surface area contributed by atoms with E-state index < -0.39 is 16.1 Å². The van der Waals surface area contributed by atoms with Crippen molar-refractivity contribution in [3.05, 3.63) is 28.2 Å². The van der Waals surface area contributed by atoms with Gasteiger partial charge in [-0.05, 0) is 24.1 Å². The average molecular weight is 340 g/mol. The first-order valence-corrected chi connectivity index (χ1v) is 7.87. The monoisotopic (exact) mass is 339 g/mol. The molecular formula is C11H15Cl2N3O3S. The van der Waals surface area contributed by atoms with Gasteiger partial charge in [0.05, 0.1) is 21.0 Å². The molecule has 1 aromatic rings. The second-order valence-electron chi connectivity index (χ2n) is 4.44. The highest BCUT2D eigenvalue weighted by atomic mass is 35.5. The average Bonchev–Trinajstić information content (AvgIpc) is 2.38. The third-order valence-corrected chi connectivity index (χ3v) is 4.76. The number of benzene rings is 1. The molecule has 20 heavy (non-hydrogen) atoms. The Morgan fingerprint density at radius 3 is 2.40 bits per heavy atom. The Labute approximate surface area is 127 Å². The maximum Gasteiger partial charge on any atom is 0.241 e. The van der Waals surface area contributed by atoms with E-state index in [-0.39, 0.29) is 26.7 Å². The minimum Gasteiger partial charge on any atom is -0.409 e. The van der Waals surface area contributed by atoms with E-state index in [0.29, 0.717) is 0 Å². The summed E-state index contributed by atoms with van der Waals surface area (Å²) in [6, 6.07) is 3.10. The standard InChI is InChI=1S/C11H15Cl2N3O3S/c1-6(2)10(11(14)15-17)16-20(18,19)7-3-4-8(12)9(13)5-7/h3-6,10,16-17H,1-2H3,(H2,14,15). The van der Waals surface area contributed by atoms with Crippen LogP contribution in [0.4, 0.5) is 0 Å². The summed E-state index contributed by atoms with van der Waals surface area (Å²) in [4.78, 5) is -0.0525. The van der Waals surface area contributed by atoms with Crippen molar-refractivity contribution in [2.45, 2.75) is 24.8 Å². The van der Waals surface area contributed by atoms with Gasteiger partial charge in [-0.3, -0.25) is 0 Å². The van der Waals surface area contributed by atoms with E-state index in [9.17, 15) is 8.42 Å². The van der Waals surface area contributed by atoms with E-state index in [0.717, 1.165) is 0 Å². The lowest BCUT2D eigenvalue weighted by Crippen LogP contribution is -2.47. The molecule has 0 aliphatic rings. The number of nitrogens with zero attached hydrogens (tertiary/aromatic N) is 1. The highest BCUT2D eigenvalue weighted by molar-refractivity contribution is 7.89. The summed E-state index contributed by atoms with van der Waals surface area (Å²) < 4.78 is 26.8. The first-order valence-electron chi connectivity index (χ1n) is 5.64. The molecular weight excluding hydrogens is 325 g/mol. The highest BCUT2D eigenvalue weighted by Crippen LogP contribution is 2.25. The quantitative estimate of drug-likeness (QED) is 0.330. The minimum absolute atomic E-state index is 0.0525. The zero-order valence-corrected chi connectivity index (χ0v) is 13.2. The molecule has 0 radical (unpaired) electrons. The van der Waals surface area contributed by atoms with Crippen LogP contribution in [0.15, 0.2) is 28.3 Å². The first-order chi connectivity index (χ1) is 9.19. The molecule has 0 amide bonds. The molecule has 0 heterocycles. The molecule has 9 heteroatoms. The van der Waals surface area contributed by atoms with Crippen LogP contribution in [0, 0.1) is 5.92 Å². The van der Waals surface area contributed by atoms with Crippen LogP contribution in [0.2, 0.25) is 10.0 Å². The summed E-state index contributed by atoms with van der Waals surface area (Å²) in [5.74, 6) is -0.424. The summed E-state index contributed by atoms with van der Waals surface area (Å²) in [5, 5.41) is 11.9. The molecule has 1 aromatic carbocycles. The molecule has 0 saturated carbocycles. The van der Waals surface area contributed by atoms with Crippen molar-refractivity contribution in [1.29, 1.82) is 0 Å². The molecule has 4 N–H and O–H groups in total. The zero-order valence-electron chi connectivity index (χ0n) is 10.8. The smallest absolute Gasteiger partial charge is 0.241 e. The van der Waals surface area contributed by atoms with Crippen LogP contribution in [0.25, 0.3) is 0 Å². The lowest BCUT2D eigenvalue weighted by Gasteiger charge is -2.20. The lowest BCUT2D eigenvalue weighted by atomic mass is 10.1. The molecule has 0 aromatic heterocycles. The number of sulfonamides is 1. The predicted octanol–water partition coefficient (Wildman–Crippen LogP) is 2.04. The first kappa shape index (κ1) is 17.0. The summed E-state index contributed by atoms with van der Waals surface area (Å²) in [6.45, 7) is 3.47. The Morgan fingerprint density at radius 1 is 1.35 bits per heavy atom. The van der Waals surface area contributed by atoms with Gasteiger partial charge in [-0.15, -0.1) is 0 Å². The summed E-state index contributed by atoms with van der Waals surface area (Å²) in [6.07, 6.45) is 0. The number of amidine groups is 1. The maximum absolute atomic E-state index is 12.2. The Balaban J connectivity index is 3.13. The van der Waals surface area contributed by atoms with Gasteiger partial charge in [0.1, 0.15) is 0 Å². The van der Waals surface area contributed by atoms with Gasteiger partial charge < -0.3 is 10.9 Å². The van der Waals surface area contributed by atoms with Crippen LogP contribution >= 0.6 is 23.2 Å². The molecule has 0 spiro atoms. The fourth-order valence-corrected chi connectivity index (χ4v) is 3.23. The van der Waals surface area contributed by atoms with E-state index in [1.54, 1.807) is 13.8 Å². The number of hydrogen-bond donors (Lipinski definition) is 3. The van der Waals surface area contributed by atoms with Gasteiger partial charge in [0.15, 0.2) is 5.84 Å². The van der Waals surface area contributed by atoms with E-state index in [2.05, 4.69) is 9.88 Å². The Morgan fingerprint density at radius 2 is 1.95 bits per heavy atom. The second-order valence-corrected chi connectivity index (χ2v) is 6.97. The van der Waals surface area contributed by atoms with Gasteiger partial charge in [0, 0.05) is 0 Å². The van der Waals surface area contributed by atoms with Gasteiger partial charge in [-0.2, -0.15) is 0 Å². The van der Waals surface area contributed by atoms with Crippen LogP contribution in [0.3, 0.4) is 0 Å². The fraction of sp³-hybridized carbons (Fsp3) is 0.364. The molecule has 0 aliphatic heterocycles. The SMILES string of the molecule is CC(C)C(NS(=O)(=O)c1ccc(Cl)c(Cl)c1)C(N)=NO. The molecule has 0 aliphatic carbocycles. The van der Waals surface area contributed by atoms with Gasteiger partial charge >= 0.3 is 0 Å². The van der Waals surface area contributed by atoms with E-state index in [1.807, 2.05) is 0 Å². The largest absolute Gasteiger partial charge is 0.409 e. The van der Waals surface area contributed by atoms with Crippen molar-refractivity contribution in [1.82, 2.24) is 4.72 Å². The summed E-state index contributed by atoms with van der Waals surface area (Å²) in [7, 11) is -3.86. The number of oxime groups is 1. The molecule has 0 saturated heterocycles. The lowest BCUT2D eigenvalue weighted by molar-refractivity contribution is 0.313. The predicted molar refractivity (Wildman–Crippen MR) is 78.8 cm³/mol. The number of nitrogens with one attached hydrogen (secondary N) is 1. The van der Waals surface area contributed by atoms with Crippen LogP contribution in [0.1, 0.15) is 13.8 Å². The van der Waals surface area contributed by atoms with E-state index >= 15 is 0 Å². The van der Waals surface area contributed by atoms with Crippen molar-refractivity contribution < 1.29 is 13.6 Å². The summed E-state index contributed by atoms with van der Waals surface area (Å²) >= 11 is 11.5. The minimum atomic E-state index is -3.86. The van der Waals surface area contributed by atoms with Crippen LogP contribution in [0.5, 0.6) is 0 Å². The summed E-state index contributed by atoms with van der Waals surface area (Å²) in [5.41, 5.74) is 5.48. The van der Waals surface area contributed by atoms with Crippen molar-refractivity contribution in [3.8, 4) is 0 Å². The van der Waals surface area contributed by atoms with E-state index in [4.69, 9.17) is 34.1 Å². The van der Waals surface area contributed by atoms with Gasteiger partial charge in [-0.25, -0.2) is 13.1 Å². The van der Waals surface area contributed by atoms with Crippen molar-refractivity contribution in [2.24, 2.45) is 16.8 Å². The van der Waals surface area contributed by atoms with Gasteiger partial charge in [-0.1, -0.05) is 42.2 Å². The van der Waals surface area contributed by atoms with Crippen LogP contribution in [-0.4, -0.2) is 25.5 Å². The second kappa shape index (κ2) is 6.62. The van der Waals surface area contributed by atoms with Crippen molar-refractivity contribution in [2.75, 3.05) is 0 Å². The third-order valence-electron chi connectivity index (χ3n) is 2.58. The fourth-order valence-electron chi connectivity index (χ4n) is 1.48. The Kier molecular flexibility index (Phi) is 5.64. The molecule has 0 bridgehead atoms. The van der Waals surface area contributed by atoms with Crippen molar-refractivity contribution in [3.63, 3.8) is 0 Å². The number of nitrogens with two attached hydrogens (primary N) is 1. The zero-order chi connectivity index (χ0) is 15.5. The Hall–Kier alpha value is -1.02. The Bertz CT molecular complexity index is 617. The molecule has 0 fully saturated rings. The van der Waals surface area contributed by atoms with Gasteiger partial charge in [0.2, 0.25) is 10.0 Å².